The first-order valence-electron chi connectivity index (χ1n) is 9.29. The molecular weight excluding hydrogens is 342 g/mol. The molecule has 0 aliphatic heterocycles. The molecule has 1 N–H and O–H groups in total. The van der Waals surface area contributed by atoms with Crippen LogP contribution in [0.15, 0.2) is 48.5 Å². The summed E-state index contributed by atoms with van der Waals surface area (Å²) in [6, 6.07) is 16.1. The van der Waals surface area contributed by atoms with Gasteiger partial charge in [0.05, 0.1) is 33.0 Å². The Bertz CT molecular complexity index is 675. The van der Waals surface area contributed by atoms with Gasteiger partial charge in [-0.25, -0.2) is 0 Å². The van der Waals surface area contributed by atoms with Crippen LogP contribution in [0.3, 0.4) is 0 Å². The van der Waals surface area contributed by atoms with E-state index in [2.05, 4.69) is 17.0 Å². The molecule has 2 aromatic rings. The van der Waals surface area contributed by atoms with E-state index in [0.29, 0.717) is 25.4 Å². The van der Waals surface area contributed by atoms with Gasteiger partial charge >= 0.3 is 0 Å². The second kappa shape index (κ2) is 10.9. The zero-order chi connectivity index (χ0) is 19.6. The van der Waals surface area contributed by atoms with Gasteiger partial charge in [-0.2, -0.15) is 0 Å². The van der Waals surface area contributed by atoms with Crippen LogP contribution in [0, 0.1) is 0 Å². The fourth-order valence-electron chi connectivity index (χ4n) is 3.00. The van der Waals surface area contributed by atoms with Crippen LogP contribution in [0.25, 0.3) is 0 Å². The smallest absolute Gasteiger partial charge is 0.165 e. The summed E-state index contributed by atoms with van der Waals surface area (Å²) < 4.78 is 16.5. The van der Waals surface area contributed by atoms with Gasteiger partial charge in [0.25, 0.3) is 0 Å². The number of nitrogens with zero attached hydrogens (tertiary/aromatic N) is 1. The van der Waals surface area contributed by atoms with E-state index >= 15 is 0 Å². The average Bonchev–Trinajstić information content (AvgIpc) is 2.66. The van der Waals surface area contributed by atoms with Crippen molar-refractivity contribution in [1.29, 1.82) is 0 Å². The van der Waals surface area contributed by atoms with Crippen LogP contribution < -0.4 is 9.47 Å². The normalized spacial score (nSPS) is 12.4. The highest BCUT2D eigenvalue weighted by molar-refractivity contribution is 5.46. The third kappa shape index (κ3) is 6.86. The van der Waals surface area contributed by atoms with E-state index in [-0.39, 0.29) is 6.10 Å². The summed E-state index contributed by atoms with van der Waals surface area (Å²) >= 11 is 0. The molecule has 1 atom stereocenters. The molecule has 2 rings (SSSR count). The lowest BCUT2D eigenvalue weighted by molar-refractivity contribution is -0.0107. The average molecular weight is 373 g/mol. The lowest BCUT2D eigenvalue weighted by Gasteiger charge is -2.26. The van der Waals surface area contributed by atoms with Gasteiger partial charge in [-0.1, -0.05) is 42.5 Å². The van der Waals surface area contributed by atoms with E-state index in [1.807, 2.05) is 50.2 Å². The molecule has 0 bridgehead atoms. The highest BCUT2D eigenvalue weighted by Gasteiger charge is 2.17. The number of hydrogen-bond acceptors (Lipinski definition) is 5. The number of rotatable bonds is 11. The maximum atomic E-state index is 10.4. The molecule has 0 heterocycles. The lowest BCUT2D eigenvalue weighted by atomic mass is 10.1. The van der Waals surface area contributed by atoms with Crippen LogP contribution in [0.2, 0.25) is 0 Å². The van der Waals surface area contributed by atoms with E-state index in [1.54, 1.807) is 14.2 Å². The number of aliphatic hydroxyl groups excluding tert-OH is 1. The molecule has 0 aromatic heterocycles. The first kappa shape index (κ1) is 21.2. The van der Waals surface area contributed by atoms with Crippen molar-refractivity contribution in [2.75, 3.05) is 27.4 Å². The number of benzene rings is 2. The Hall–Kier alpha value is -2.08. The predicted octanol–water partition coefficient (Wildman–Crippen LogP) is 3.49. The number of para-hydroxylation sites is 1. The molecule has 0 amide bonds. The van der Waals surface area contributed by atoms with Crippen molar-refractivity contribution in [2.45, 2.75) is 39.1 Å². The van der Waals surface area contributed by atoms with Crippen molar-refractivity contribution in [2.24, 2.45) is 0 Å². The Balaban J connectivity index is 2.16. The molecule has 0 aliphatic carbocycles. The van der Waals surface area contributed by atoms with Gasteiger partial charge in [0.2, 0.25) is 0 Å². The van der Waals surface area contributed by atoms with Crippen LogP contribution in [0.5, 0.6) is 11.5 Å². The Labute approximate surface area is 162 Å². The molecule has 1 unspecified atom stereocenters. The molecule has 0 saturated heterocycles. The van der Waals surface area contributed by atoms with Crippen LogP contribution in [0.1, 0.15) is 25.0 Å². The summed E-state index contributed by atoms with van der Waals surface area (Å²) in [4.78, 5) is 2.20. The predicted molar refractivity (Wildman–Crippen MR) is 107 cm³/mol. The molecule has 0 radical (unpaired) electrons. The van der Waals surface area contributed by atoms with Crippen molar-refractivity contribution in [1.82, 2.24) is 4.90 Å². The maximum absolute atomic E-state index is 10.4. The van der Waals surface area contributed by atoms with E-state index in [4.69, 9.17) is 14.2 Å². The Morgan fingerprint density at radius 3 is 2.30 bits per heavy atom. The van der Waals surface area contributed by atoms with Gasteiger partial charge in [0.1, 0.15) is 0 Å². The number of aliphatic hydroxyl groups is 1. The number of methoxy groups -OCH3 is 2. The Morgan fingerprint density at radius 2 is 1.67 bits per heavy atom. The highest BCUT2D eigenvalue weighted by atomic mass is 16.5. The quantitative estimate of drug-likeness (QED) is 0.653. The summed E-state index contributed by atoms with van der Waals surface area (Å²) in [5, 5.41) is 10.4. The number of ether oxygens (including phenoxy) is 3. The SMILES string of the molecule is COc1cccc(CN(Cc2ccccc2)CC(O)COC(C)C)c1OC. The zero-order valence-electron chi connectivity index (χ0n) is 16.7. The fraction of sp³-hybridized carbons (Fsp3) is 0.455. The largest absolute Gasteiger partial charge is 0.493 e. The third-order valence-electron chi connectivity index (χ3n) is 4.22. The van der Waals surface area contributed by atoms with Crippen LogP contribution in [0.4, 0.5) is 0 Å². The van der Waals surface area contributed by atoms with Gasteiger partial charge in [-0.05, 0) is 25.5 Å². The van der Waals surface area contributed by atoms with Gasteiger partial charge in [0, 0.05) is 25.2 Å². The summed E-state index contributed by atoms with van der Waals surface area (Å²) in [6.45, 7) is 6.11. The second-order valence-corrected chi connectivity index (χ2v) is 6.84. The minimum atomic E-state index is -0.562. The summed E-state index contributed by atoms with van der Waals surface area (Å²) in [5.41, 5.74) is 2.21. The van der Waals surface area contributed by atoms with Crippen molar-refractivity contribution in [3.63, 3.8) is 0 Å². The maximum Gasteiger partial charge on any atom is 0.165 e. The minimum Gasteiger partial charge on any atom is -0.493 e. The Kier molecular flexibility index (Phi) is 8.58. The fourth-order valence-corrected chi connectivity index (χ4v) is 3.00. The van der Waals surface area contributed by atoms with Crippen LogP contribution in [-0.4, -0.2) is 49.6 Å². The van der Waals surface area contributed by atoms with Crippen LogP contribution >= 0.6 is 0 Å². The molecule has 0 fully saturated rings. The first-order valence-corrected chi connectivity index (χ1v) is 9.29. The van der Waals surface area contributed by atoms with Crippen molar-refractivity contribution in [3.05, 3.63) is 59.7 Å². The molecule has 0 aliphatic rings. The topological polar surface area (TPSA) is 51.2 Å². The molecule has 2 aromatic carbocycles. The highest BCUT2D eigenvalue weighted by Crippen LogP contribution is 2.31. The van der Waals surface area contributed by atoms with E-state index in [9.17, 15) is 5.11 Å². The molecule has 27 heavy (non-hydrogen) atoms. The van der Waals surface area contributed by atoms with Gasteiger partial charge in [0.15, 0.2) is 11.5 Å². The van der Waals surface area contributed by atoms with E-state index in [0.717, 1.165) is 17.9 Å². The van der Waals surface area contributed by atoms with Crippen molar-refractivity contribution in [3.8, 4) is 11.5 Å². The molecular formula is C22H31NO4. The van der Waals surface area contributed by atoms with Crippen molar-refractivity contribution < 1.29 is 19.3 Å². The standard InChI is InChI=1S/C22H31NO4/c1-17(2)27-16-20(24)15-23(13-18-9-6-5-7-10-18)14-19-11-8-12-21(25-3)22(19)26-4/h5-12,17,20,24H,13-16H2,1-4H3. The monoisotopic (exact) mass is 373 g/mol. The van der Waals surface area contributed by atoms with Gasteiger partial charge in [-0.15, -0.1) is 0 Å². The summed E-state index contributed by atoms with van der Waals surface area (Å²) in [5.74, 6) is 1.43. The zero-order valence-corrected chi connectivity index (χ0v) is 16.7. The molecule has 0 spiro atoms. The third-order valence-corrected chi connectivity index (χ3v) is 4.22. The van der Waals surface area contributed by atoms with E-state index in [1.165, 1.54) is 5.56 Å². The second-order valence-electron chi connectivity index (χ2n) is 6.84. The van der Waals surface area contributed by atoms with Crippen LogP contribution in [-0.2, 0) is 17.8 Å². The molecule has 148 valence electrons. The molecule has 5 heteroatoms. The van der Waals surface area contributed by atoms with Crippen molar-refractivity contribution >= 4 is 0 Å². The van der Waals surface area contributed by atoms with E-state index < -0.39 is 6.10 Å². The van der Waals surface area contributed by atoms with Gasteiger partial charge in [-0.3, -0.25) is 4.90 Å². The van der Waals surface area contributed by atoms with Gasteiger partial charge < -0.3 is 19.3 Å². The minimum absolute atomic E-state index is 0.0979. The summed E-state index contributed by atoms with van der Waals surface area (Å²) in [7, 11) is 3.28. The number of hydrogen-bond donors (Lipinski definition) is 1. The summed E-state index contributed by atoms with van der Waals surface area (Å²) in [6.07, 6.45) is -0.464. The lowest BCUT2D eigenvalue weighted by Crippen LogP contribution is -2.35. The molecule has 5 nitrogen and oxygen atoms in total. The Morgan fingerprint density at radius 1 is 0.926 bits per heavy atom. The molecule has 0 saturated carbocycles. The first-order chi connectivity index (χ1) is 13.0.